The van der Waals surface area contributed by atoms with Gasteiger partial charge in [-0.05, 0) is 52.4 Å². The van der Waals surface area contributed by atoms with Crippen LogP contribution in [-0.4, -0.2) is 13.0 Å². The Hall–Kier alpha value is -1.40. The van der Waals surface area contributed by atoms with Gasteiger partial charge in [0.15, 0.2) is 0 Å². The number of benzene rings is 2. The van der Waals surface area contributed by atoms with Crippen molar-refractivity contribution in [3.8, 4) is 0 Å². The molecule has 0 radical (unpaired) electrons. The summed E-state index contributed by atoms with van der Waals surface area (Å²) in [4.78, 5) is 12.1. The SMILES string of the molecule is COCc1ccc(C(=O)Nc2ccccc2I)cc1. The van der Waals surface area contributed by atoms with Crippen molar-refractivity contribution in [1.29, 1.82) is 0 Å². The zero-order valence-electron chi connectivity index (χ0n) is 10.5. The molecule has 98 valence electrons. The molecule has 2 aromatic carbocycles. The van der Waals surface area contributed by atoms with E-state index in [1.165, 1.54) is 0 Å². The summed E-state index contributed by atoms with van der Waals surface area (Å²) in [5.74, 6) is -0.104. The fourth-order valence-corrected chi connectivity index (χ4v) is 2.20. The van der Waals surface area contributed by atoms with Crippen LogP contribution < -0.4 is 5.32 Å². The van der Waals surface area contributed by atoms with E-state index in [1.807, 2.05) is 36.4 Å². The zero-order chi connectivity index (χ0) is 13.7. The summed E-state index contributed by atoms with van der Waals surface area (Å²) in [7, 11) is 1.65. The van der Waals surface area contributed by atoms with E-state index in [9.17, 15) is 4.79 Å². The molecular formula is C15H14INO2. The second-order valence-corrected chi connectivity index (χ2v) is 5.23. The van der Waals surface area contributed by atoms with E-state index in [4.69, 9.17) is 4.74 Å². The first-order valence-corrected chi connectivity index (χ1v) is 6.92. The summed E-state index contributed by atoms with van der Waals surface area (Å²) in [5.41, 5.74) is 2.52. The number of hydrogen-bond donors (Lipinski definition) is 1. The Morgan fingerprint density at radius 1 is 1.16 bits per heavy atom. The lowest BCUT2D eigenvalue weighted by Gasteiger charge is -2.07. The summed E-state index contributed by atoms with van der Waals surface area (Å²) >= 11 is 2.20. The van der Waals surface area contributed by atoms with Crippen molar-refractivity contribution < 1.29 is 9.53 Å². The van der Waals surface area contributed by atoms with Crippen LogP contribution in [0.15, 0.2) is 48.5 Å². The van der Waals surface area contributed by atoms with Crippen LogP contribution in [0.4, 0.5) is 5.69 Å². The van der Waals surface area contributed by atoms with Gasteiger partial charge < -0.3 is 10.1 Å². The molecule has 3 nitrogen and oxygen atoms in total. The number of amides is 1. The number of para-hydroxylation sites is 1. The van der Waals surface area contributed by atoms with Crippen molar-refractivity contribution in [3.63, 3.8) is 0 Å². The molecule has 0 unspecified atom stereocenters. The van der Waals surface area contributed by atoms with E-state index in [0.717, 1.165) is 14.8 Å². The summed E-state index contributed by atoms with van der Waals surface area (Å²) < 4.78 is 6.06. The van der Waals surface area contributed by atoms with Crippen molar-refractivity contribution in [2.45, 2.75) is 6.61 Å². The molecule has 2 rings (SSSR count). The highest BCUT2D eigenvalue weighted by atomic mass is 127. The molecular weight excluding hydrogens is 353 g/mol. The van der Waals surface area contributed by atoms with E-state index >= 15 is 0 Å². The number of methoxy groups -OCH3 is 1. The van der Waals surface area contributed by atoms with Crippen molar-refractivity contribution >= 4 is 34.2 Å². The van der Waals surface area contributed by atoms with E-state index in [0.29, 0.717) is 12.2 Å². The molecule has 0 heterocycles. The minimum Gasteiger partial charge on any atom is -0.380 e. The highest BCUT2D eigenvalue weighted by Gasteiger charge is 2.07. The highest BCUT2D eigenvalue weighted by molar-refractivity contribution is 14.1. The summed E-state index contributed by atoms with van der Waals surface area (Å²) in [6.07, 6.45) is 0. The molecule has 0 saturated heterocycles. The number of ether oxygens (including phenoxy) is 1. The first-order valence-electron chi connectivity index (χ1n) is 5.84. The zero-order valence-corrected chi connectivity index (χ0v) is 12.7. The fraction of sp³-hybridized carbons (Fsp3) is 0.133. The topological polar surface area (TPSA) is 38.3 Å². The van der Waals surface area contributed by atoms with Crippen molar-refractivity contribution in [2.75, 3.05) is 12.4 Å². The Morgan fingerprint density at radius 2 is 1.84 bits per heavy atom. The third-order valence-electron chi connectivity index (χ3n) is 2.65. The van der Waals surface area contributed by atoms with Gasteiger partial charge in [0.25, 0.3) is 5.91 Å². The number of anilines is 1. The first-order chi connectivity index (χ1) is 9.20. The van der Waals surface area contributed by atoms with Gasteiger partial charge in [0.2, 0.25) is 0 Å². The molecule has 0 aliphatic carbocycles. The van der Waals surface area contributed by atoms with Crippen LogP contribution in [0, 0.1) is 3.57 Å². The summed E-state index contributed by atoms with van der Waals surface area (Å²) in [6.45, 7) is 0.554. The van der Waals surface area contributed by atoms with Gasteiger partial charge >= 0.3 is 0 Å². The predicted octanol–water partition coefficient (Wildman–Crippen LogP) is 3.69. The highest BCUT2D eigenvalue weighted by Crippen LogP contribution is 2.18. The molecule has 0 saturated carbocycles. The van der Waals surface area contributed by atoms with Crippen LogP contribution in [-0.2, 0) is 11.3 Å². The molecule has 0 aliphatic rings. The lowest BCUT2D eigenvalue weighted by molar-refractivity contribution is 0.102. The minimum atomic E-state index is -0.104. The first kappa shape index (κ1) is 14.0. The quantitative estimate of drug-likeness (QED) is 0.838. The van der Waals surface area contributed by atoms with E-state index in [1.54, 1.807) is 19.2 Å². The number of rotatable bonds is 4. The normalized spacial score (nSPS) is 10.2. The molecule has 4 heteroatoms. The number of carbonyl (C=O) groups is 1. The van der Waals surface area contributed by atoms with Gasteiger partial charge in [-0.3, -0.25) is 4.79 Å². The molecule has 0 fully saturated rings. The van der Waals surface area contributed by atoms with E-state index in [2.05, 4.69) is 27.9 Å². The van der Waals surface area contributed by atoms with Gasteiger partial charge in [0.05, 0.1) is 12.3 Å². The number of halogens is 1. The van der Waals surface area contributed by atoms with Gasteiger partial charge in [-0.25, -0.2) is 0 Å². The molecule has 0 atom stereocenters. The monoisotopic (exact) mass is 367 g/mol. The molecule has 0 aliphatic heterocycles. The van der Waals surface area contributed by atoms with E-state index < -0.39 is 0 Å². The maximum atomic E-state index is 12.1. The van der Waals surface area contributed by atoms with Gasteiger partial charge in [0.1, 0.15) is 0 Å². The Labute approximate surface area is 126 Å². The lowest BCUT2D eigenvalue weighted by atomic mass is 10.1. The molecule has 0 bridgehead atoms. The van der Waals surface area contributed by atoms with Crippen LogP contribution >= 0.6 is 22.6 Å². The number of hydrogen-bond acceptors (Lipinski definition) is 2. The van der Waals surface area contributed by atoms with Gasteiger partial charge in [-0.1, -0.05) is 24.3 Å². The molecule has 1 N–H and O–H groups in total. The summed E-state index contributed by atoms with van der Waals surface area (Å²) in [5, 5.41) is 2.90. The van der Waals surface area contributed by atoms with E-state index in [-0.39, 0.29) is 5.91 Å². The third kappa shape index (κ3) is 3.78. The van der Waals surface area contributed by atoms with Crippen LogP contribution in [0.3, 0.4) is 0 Å². The Kier molecular flexibility index (Phi) is 4.93. The van der Waals surface area contributed by atoms with Gasteiger partial charge in [0, 0.05) is 16.2 Å². The van der Waals surface area contributed by atoms with Crippen LogP contribution in [0.1, 0.15) is 15.9 Å². The molecule has 19 heavy (non-hydrogen) atoms. The fourth-order valence-electron chi connectivity index (χ4n) is 1.68. The summed E-state index contributed by atoms with van der Waals surface area (Å²) in [6, 6.07) is 15.1. The third-order valence-corrected chi connectivity index (χ3v) is 3.59. The van der Waals surface area contributed by atoms with Crippen LogP contribution in [0.25, 0.3) is 0 Å². The van der Waals surface area contributed by atoms with Crippen molar-refractivity contribution in [3.05, 3.63) is 63.2 Å². The lowest BCUT2D eigenvalue weighted by Crippen LogP contribution is -2.12. The average molecular weight is 367 g/mol. The van der Waals surface area contributed by atoms with Crippen LogP contribution in [0.5, 0.6) is 0 Å². The standard InChI is InChI=1S/C15H14INO2/c1-19-10-11-6-8-12(9-7-11)15(18)17-14-5-3-2-4-13(14)16/h2-9H,10H2,1H3,(H,17,18). The van der Waals surface area contributed by atoms with Gasteiger partial charge in [-0.2, -0.15) is 0 Å². The van der Waals surface area contributed by atoms with Crippen molar-refractivity contribution in [2.24, 2.45) is 0 Å². The Morgan fingerprint density at radius 3 is 2.47 bits per heavy atom. The number of nitrogens with one attached hydrogen (secondary N) is 1. The molecule has 1 amide bonds. The van der Waals surface area contributed by atoms with Gasteiger partial charge in [-0.15, -0.1) is 0 Å². The molecule has 0 spiro atoms. The smallest absolute Gasteiger partial charge is 0.255 e. The predicted molar refractivity (Wildman–Crippen MR) is 84.3 cm³/mol. The minimum absolute atomic E-state index is 0.104. The maximum absolute atomic E-state index is 12.1. The molecule has 2 aromatic rings. The second-order valence-electron chi connectivity index (χ2n) is 4.06. The Balaban J connectivity index is 2.10. The maximum Gasteiger partial charge on any atom is 0.255 e. The average Bonchev–Trinajstić information content (AvgIpc) is 2.42. The largest absolute Gasteiger partial charge is 0.380 e. The molecule has 0 aromatic heterocycles. The van der Waals surface area contributed by atoms with Crippen molar-refractivity contribution in [1.82, 2.24) is 0 Å². The Bertz CT molecular complexity index is 567. The number of carbonyl (C=O) groups excluding carboxylic acids is 1. The van der Waals surface area contributed by atoms with Crippen LogP contribution in [0.2, 0.25) is 0 Å². The second kappa shape index (κ2) is 6.68.